The molecule has 3 rings (SSSR count). The lowest BCUT2D eigenvalue weighted by Gasteiger charge is -2.18. The Morgan fingerprint density at radius 1 is 1.04 bits per heavy atom. The van der Waals surface area contributed by atoms with Crippen LogP contribution < -0.4 is 5.32 Å². The third-order valence-electron chi connectivity index (χ3n) is 4.49. The minimum Gasteiger partial charge on any atom is -0.326 e. The average molecular weight is 322 g/mol. The smallest absolute Gasteiger partial charge is 0.229 e. The van der Waals surface area contributed by atoms with Crippen molar-refractivity contribution in [1.29, 1.82) is 0 Å². The predicted octanol–water partition coefficient (Wildman–Crippen LogP) is 4.23. The first kappa shape index (κ1) is 16.7. The van der Waals surface area contributed by atoms with Gasteiger partial charge in [-0.25, -0.2) is 0 Å². The number of carbonyl (C=O) groups is 1. The number of carbonyl (C=O) groups excluding carboxylic acids is 1. The van der Waals surface area contributed by atoms with Crippen molar-refractivity contribution in [3.05, 3.63) is 65.2 Å². The number of hydrogen-bond acceptors (Lipinski definition) is 2. The van der Waals surface area contributed by atoms with Crippen LogP contribution in [0, 0.1) is 5.41 Å². The van der Waals surface area contributed by atoms with E-state index < -0.39 is 0 Å². The maximum Gasteiger partial charge on any atom is 0.229 e. The van der Waals surface area contributed by atoms with Crippen molar-refractivity contribution in [2.24, 2.45) is 5.41 Å². The number of rotatable bonds is 4. The predicted molar refractivity (Wildman–Crippen MR) is 98.8 cm³/mol. The molecule has 2 aromatic rings. The molecule has 3 nitrogen and oxygen atoms in total. The van der Waals surface area contributed by atoms with Crippen molar-refractivity contribution >= 4 is 11.6 Å². The number of nitrogens with one attached hydrogen (secondary N) is 1. The molecule has 0 saturated carbocycles. The Labute approximate surface area is 144 Å². The molecule has 2 aromatic carbocycles. The van der Waals surface area contributed by atoms with Crippen LogP contribution in [0.5, 0.6) is 0 Å². The molecule has 0 fully saturated rings. The SMILES string of the molecule is CC(C)(C)C(=O)Nc1ccc2c(c1)CN(CCc1ccccc1)C2. The normalized spacial score (nSPS) is 14.5. The first-order chi connectivity index (χ1) is 11.4. The van der Waals surface area contributed by atoms with E-state index in [1.807, 2.05) is 26.8 Å². The minimum absolute atomic E-state index is 0.0568. The van der Waals surface area contributed by atoms with Gasteiger partial charge >= 0.3 is 0 Å². The van der Waals surface area contributed by atoms with Gasteiger partial charge in [-0.05, 0) is 35.2 Å². The molecule has 126 valence electrons. The summed E-state index contributed by atoms with van der Waals surface area (Å²) in [5.41, 5.74) is 4.61. The summed E-state index contributed by atoms with van der Waals surface area (Å²) in [5.74, 6) is 0.0568. The zero-order valence-corrected chi connectivity index (χ0v) is 14.8. The van der Waals surface area contributed by atoms with Crippen LogP contribution in [0.4, 0.5) is 5.69 Å². The fourth-order valence-electron chi connectivity index (χ4n) is 2.95. The van der Waals surface area contributed by atoms with Gasteiger partial charge in [0.05, 0.1) is 0 Å². The number of benzene rings is 2. The Morgan fingerprint density at radius 3 is 2.46 bits per heavy atom. The van der Waals surface area contributed by atoms with E-state index in [1.165, 1.54) is 16.7 Å². The molecular weight excluding hydrogens is 296 g/mol. The topological polar surface area (TPSA) is 32.3 Å². The largest absolute Gasteiger partial charge is 0.326 e. The Balaban J connectivity index is 1.60. The molecular formula is C21H26N2O. The summed E-state index contributed by atoms with van der Waals surface area (Å²) in [6, 6.07) is 16.9. The van der Waals surface area contributed by atoms with Gasteiger partial charge in [-0.15, -0.1) is 0 Å². The third-order valence-corrected chi connectivity index (χ3v) is 4.49. The van der Waals surface area contributed by atoms with Crippen LogP contribution in [0.1, 0.15) is 37.5 Å². The lowest BCUT2D eigenvalue weighted by Crippen LogP contribution is -2.27. The van der Waals surface area contributed by atoms with Gasteiger partial charge in [0.25, 0.3) is 0 Å². The summed E-state index contributed by atoms with van der Waals surface area (Å²) in [5, 5.41) is 3.03. The molecule has 0 unspecified atom stereocenters. The Kier molecular flexibility index (Phi) is 4.72. The minimum atomic E-state index is -0.374. The Bertz CT molecular complexity index is 716. The molecule has 0 spiro atoms. The molecule has 1 N–H and O–H groups in total. The number of hydrogen-bond donors (Lipinski definition) is 1. The summed E-state index contributed by atoms with van der Waals surface area (Å²) in [6.45, 7) is 8.81. The van der Waals surface area contributed by atoms with Gasteiger partial charge in [0.15, 0.2) is 0 Å². The summed E-state index contributed by atoms with van der Waals surface area (Å²) in [6.07, 6.45) is 1.07. The fraction of sp³-hybridized carbons (Fsp3) is 0.381. The monoisotopic (exact) mass is 322 g/mol. The van der Waals surface area contributed by atoms with Crippen molar-refractivity contribution in [2.75, 3.05) is 11.9 Å². The Morgan fingerprint density at radius 2 is 1.75 bits per heavy atom. The highest BCUT2D eigenvalue weighted by Gasteiger charge is 2.23. The van der Waals surface area contributed by atoms with Crippen LogP contribution in [0.15, 0.2) is 48.5 Å². The quantitative estimate of drug-likeness (QED) is 0.913. The van der Waals surface area contributed by atoms with E-state index in [9.17, 15) is 4.79 Å². The van der Waals surface area contributed by atoms with Crippen LogP contribution >= 0.6 is 0 Å². The van der Waals surface area contributed by atoms with Crippen LogP contribution in [-0.2, 0) is 24.3 Å². The molecule has 0 atom stereocenters. The summed E-state index contributed by atoms with van der Waals surface area (Å²) in [4.78, 5) is 14.6. The molecule has 0 bridgehead atoms. The van der Waals surface area contributed by atoms with E-state index >= 15 is 0 Å². The number of amides is 1. The van der Waals surface area contributed by atoms with Crippen molar-refractivity contribution in [3.8, 4) is 0 Å². The summed E-state index contributed by atoms with van der Waals surface area (Å²) >= 11 is 0. The molecule has 0 aromatic heterocycles. The molecule has 0 saturated heterocycles. The second-order valence-electron chi connectivity index (χ2n) is 7.63. The van der Waals surface area contributed by atoms with E-state index in [0.29, 0.717) is 0 Å². The van der Waals surface area contributed by atoms with Crippen LogP contribution in [0.25, 0.3) is 0 Å². The lowest BCUT2D eigenvalue weighted by molar-refractivity contribution is -0.123. The lowest BCUT2D eigenvalue weighted by atomic mass is 9.95. The van der Waals surface area contributed by atoms with Crippen molar-refractivity contribution in [3.63, 3.8) is 0 Å². The van der Waals surface area contributed by atoms with E-state index in [-0.39, 0.29) is 11.3 Å². The van der Waals surface area contributed by atoms with Crippen LogP contribution in [-0.4, -0.2) is 17.4 Å². The third kappa shape index (κ3) is 4.04. The van der Waals surface area contributed by atoms with E-state index in [0.717, 1.165) is 31.7 Å². The fourth-order valence-corrected chi connectivity index (χ4v) is 2.95. The highest BCUT2D eigenvalue weighted by molar-refractivity contribution is 5.94. The number of fused-ring (bicyclic) bond motifs is 1. The van der Waals surface area contributed by atoms with Crippen molar-refractivity contribution < 1.29 is 4.79 Å². The van der Waals surface area contributed by atoms with E-state index in [1.54, 1.807) is 0 Å². The first-order valence-electron chi connectivity index (χ1n) is 8.61. The summed E-state index contributed by atoms with van der Waals surface area (Å²) < 4.78 is 0. The molecule has 3 heteroatoms. The van der Waals surface area contributed by atoms with Gasteiger partial charge in [-0.2, -0.15) is 0 Å². The number of anilines is 1. The molecule has 1 aliphatic rings. The highest BCUT2D eigenvalue weighted by atomic mass is 16.2. The molecule has 0 aliphatic carbocycles. The molecule has 1 heterocycles. The van der Waals surface area contributed by atoms with Gasteiger partial charge < -0.3 is 5.32 Å². The molecule has 1 amide bonds. The zero-order chi connectivity index (χ0) is 17.2. The highest BCUT2D eigenvalue weighted by Crippen LogP contribution is 2.27. The van der Waals surface area contributed by atoms with Crippen molar-refractivity contribution in [1.82, 2.24) is 4.90 Å². The van der Waals surface area contributed by atoms with Crippen LogP contribution in [0.3, 0.4) is 0 Å². The maximum atomic E-state index is 12.1. The van der Waals surface area contributed by atoms with Crippen molar-refractivity contribution in [2.45, 2.75) is 40.3 Å². The second-order valence-corrected chi connectivity index (χ2v) is 7.63. The number of nitrogens with zero attached hydrogens (tertiary/aromatic N) is 1. The van der Waals surface area contributed by atoms with Crippen LogP contribution in [0.2, 0.25) is 0 Å². The van der Waals surface area contributed by atoms with Gasteiger partial charge in [0.2, 0.25) is 5.91 Å². The first-order valence-corrected chi connectivity index (χ1v) is 8.61. The zero-order valence-electron chi connectivity index (χ0n) is 14.8. The van der Waals surface area contributed by atoms with E-state index in [2.05, 4.69) is 52.7 Å². The van der Waals surface area contributed by atoms with Gasteiger partial charge in [-0.1, -0.05) is 57.2 Å². The molecule has 0 radical (unpaired) electrons. The van der Waals surface area contributed by atoms with Gasteiger partial charge in [0.1, 0.15) is 0 Å². The standard InChI is InChI=1S/C21H26N2O/c1-21(2,3)20(24)22-19-10-9-17-14-23(15-18(17)13-19)12-11-16-7-5-4-6-8-16/h4-10,13H,11-12,14-15H2,1-3H3,(H,22,24). The second kappa shape index (κ2) is 6.78. The summed E-state index contributed by atoms with van der Waals surface area (Å²) in [7, 11) is 0. The van der Waals surface area contributed by atoms with Gasteiger partial charge in [-0.3, -0.25) is 9.69 Å². The van der Waals surface area contributed by atoms with Gasteiger partial charge in [0, 0.05) is 30.7 Å². The molecule has 1 aliphatic heterocycles. The van der Waals surface area contributed by atoms with E-state index in [4.69, 9.17) is 0 Å². The Hall–Kier alpha value is -2.13. The maximum absolute atomic E-state index is 12.1. The average Bonchev–Trinajstić information content (AvgIpc) is 2.95. The molecule has 24 heavy (non-hydrogen) atoms.